The van der Waals surface area contributed by atoms with E-state index in [2.05, 4.69) is 20.4 Å². The van der Waals surface area contributed by atoms with E-state index < -0.39 is 20.0 Å². The van der Waals surface area contributed by atoms with Crippen LogP contribution in [0.25, 0.3) is 22.4 Å². The normalized spacial score (nSPS) is 12.2. The number of hydrogen-bond donors (Lipinski definition) is 4. The Kier molecular flexibility index (Phi) is 4.85. The van der Waals surface area contributed by atoms with E-state index in [0.29, 0.717) is 22.3 Å². The van der Waals surface area contributed by atoms with Crippen molar-refractivity contribution in [2.24, 2.45) is 10.3 Å². The summed E-state index contributed by atoms with van der Waals surface area (Å²) in [5.74, 6) is 0.168. The molecule has 160 valence electrons. The Morgan fingerprint density at radius 1 is 0.806 bits per heavy atom. The number of aromatic nitrogens is 3. The number of nitrogens with two attached hydrogens (primary N) is 3. The van der Waals surface area contributed by atoms with Crippen molar-refractivity contribution in [3.05, 3.63) is 48.5 Å². The molecule has 0 radical (unpaired) electrons. The summed E-state index contributed by atoms with van der Waals surface area (Å²) >= 11 is 0. The van der Waals surface area contributed by atoms with E-state index in [0.717, 1.165) is 0 Å². The minimum absolute atomic E-state index is 0.0500. The van der Waals surface area contributed by atoms with E-state index in [4.69, 9.17) is 20.5 Å². The lowest BCUT2D eigenvalue weighted by molar-refractivity contribution is 0.451. The summed E-state index contributed by atoms with van der Waals surface area (Å²) in [4.78, 5) is 8.09. The topological polar surface area (TPSA) is 210 Å². The maximum atomic E-state index is 11.5. The second-order valence-corrected chi connectivity index (χ2v) is 9.53. The maximum Gasteiger partial charge on any atom is 0.265 e. The van der Waals surface area contributed by atoms with Crippen molar-refractivity contribution >= 4 is 48.6 Å². The molecule has 0 aliphatic heterocycles. The van der Waals surface area contributed by atoms with Crippen LogP contribution in [0, 0.1) is 0 Å². The first kappa shape index (κ1) is 20.7. The Morgan fingerprint density at radius 3 is 1.90 bits per heavy atom. The first-order chi connectivity index (χ1) is 14.5. The monoisotopic (exact) mass is 461 g/mol. The highest BCUT2D eigenvalue weighted by Gasteiger charge is 2.19. The summed E-state index contributed by atoms with van der Waals surface area (Å²) in [5.41, 5.74) is 7.19. The second-order valence-electron chi connectivity index (χ2n) is 6.41. The number of fused-ring (bicyclic) bond motifs is 1. The van der Waals surface area contributed by atoms with Gasteiger partial charge in [0, 0.05) is 11.3 Å². The van der Waals surface area contributed by atoms with Crippen molar-refractivity contribution in [1.29, 1.82) is 0 Å². The molecule has 14 heteroatoms. The number of anilines is 3. The molecular formula is C17H15N7O5S2. The van der Waals surface area contributed by atoms with Gasteiger partial charge in [-0.25, -0.2) is 27.1 Å². The van der Waals surface area contributed by atoms with Crippen molar-refractivity contribution in [1.82, 2.24) is 15.1 Å². The molecule has 0 spiro atoms. The van der Waals surface area contributed by atoms with Crippen LogP contribution in [-0.4, -0.2) is 32.0 Å². The van der Waals surface area contributed by atoms with Crippen molar-refractivity contribution < 1.29 is 21.4 Å². The van der Waals surface area contributed by atoms with Crippen LogP contribution in [0.5, 0.6) is 0 Å². The summed E-state index contributed by atoms with van der Waals surface area (Å²) < 4.78 is 51.1. The van der Waals surface area contributed by atoms with Crippen LogP contribution in [-0.2, 0) is 20.0 Å². The lowest BCUT2D eigenvalue weighted by Crippen LogP contribution is -2.11. The molecule has 2 aromatic heterocycles. The zero-order valence-corrected chi connectivity index (χ0v) is 17.2. The average Bonchev–Trinajstić information content (AvgIpc) is 3.11. The van der Waals surface area contributed by atoms with Crippen LogP contribution in [0.4, 0.5) is 17.5 Å². The van der Waals surface area contributed by atoms with Crippen LogP contribution >= 0.6 is 0 Å². The minimum atomic E-state index is -3.85. The Hall–Kier alpha value is -3.59. The van der Waals surface area contributed by atoms with Crippen molar-refractivity contribution in [2.75, 3.05) is 11.1 Å². The summed E-state index contributed by atoms with van der Waals surface area (Å²) in [6.45, 7) is 0. The fraction of sp³-hybridized carbons (Fsp3) is 0. The van der Waals surface area contributed by atoms with Crippen LogP contribution in [0.15, 0.2) is 62.8 Å². The average molecular weight is 461 g/mol. The molecule has 4 rings (SSSR count). The fourth-order valence-corrected chi connectivity index (χ4v) is 3.86. The number of rotatable bonds is 5. The van der Waals surface area contributed by atoms with Crippen molar-refractivity contribution in [3.8, 4) is 11.3 Å². The summed E-state index contributed by atoms with van der Waals surface area (Å²) in [7, 11) is -7.68. The molecule has 7 N–H and O–H groups in total. The highest BCUT2D eigenvalue weighted by atomic mass is 32.2. The third kappa shape index (κ3) is 4.17. The van der Waals surface area contributed by atoms with E-state index in [-0.39, 0.29) is 27.3 Å². The van der Waals surface area contributed by atoms with E-state index in [1.807, 2.05) is 0 Å². The summed E-state index contributed by atoms with van der Waals surface area (Å²) in [5, 5.41) is 17.6. The standard InChI is InChI=1S/C17H15N7O5S2/c18-17-22-15(21-10-3-7-12(8-4-10)31(20,27)28)13-14(24-29-16(13)23-17)9-1-5-11(6-2-9)30(19,25)26/h1-8H,(H2,19,25,26)(H2,20,27,28)(H3,18,21,22,23). The predicted molar refractivity (Wildman–Crippen MR) is 112 cm³/mol. The smallest absolute Gasteiger partial charge is 0.265 e. The quantitative estimate of drug-likeness (QED) is 0.330. The molecular weight excluding hydrogens is 446 g/mol. The molecule has 0 unspecified atom stereocenters. The number of nitrogens with zero attached hydrogens (tertiary/aromatic N) is 3. The van der Waals surface area contributed by atoms with E-state index in [9.17, 15) is 16.8 Å². The zero-order chi connectivity index (χ0) is 22.4. The van der Waals surface area contributed by atoms with Gasteiger partial charge in [0.1, 0.15) is 16.9 Å². The van der Waals surface area contributed by atoms with E-state index >= 15 is 0 Å². The highest BCUT2D eigenvalue weighted by molar-refractivity contribution is 7.89. The number of nitrogen functional groups attached to an aromatic ring is 1. The number of sulfonamides is 2. The molecule has 0 fully saturated rings. The third-order valence-corrected chi connectivity index (χ3v) is 6.11. The fourth-order valence-electron chi connectivity index (χ4n) is 2.83. The minimum Gasteiger partial charge on any atom is -0.368 e. The van der Waals surface area contributed by atoms with Gasteiger partial charge in [-0.05, 0) is 36.4 Å². The second kappa shape index (κ2) is 7.28. The Balaban J connectivity index is 1.78. The van der Waals surface area contributed by atoms with Crippen molar-refractivity contribution in [3.63, 3.8) is 0 Å². The zero-order valence-electron chi connectivity index (χ0n) is 15.6. The predicted octanol–water partition coefficient (Wildman–Crippen LogP) is 0.905. The summed E-state index contributed by atoms with van der Waals surface area (Å²) in [6, 6.07) is 11.4. The summed E-state index contributed by atoms with van der Waals surface area (Å²) in [6.07, 6.45) is 0. The van der Waals surface area contributed by atoms with Crippen LogP contribution in [0.2, 0.25) is 0 Å². The Morgan fingerprint density at radius 2 is 1.35 bits per heavy atom. The number of nitrogens with one attached hydrogen (secondary N) is 1. The first-order valence-electron chi connectivity index (χ1n) is 8.48. The SMILES string of the molecule is Nc1nc(Nc2ccc(S(N)(=O)=O)cc2)c2c(-c3ccc(S(N)(=O)=O)cc3)noc2n1. The van der Waals surface area contributed by atoms with Gasteiger partial charge in [-0.1, -0.05) is 17.3 Å². The van der Waals surface area contributed by atoms with Gasteiger partial charge >= 0.3 is 0 Å². The van der Waals surface area contributed by atoms with Gasteiger partial charge in [0.25, 0.3) is 5.71 Å². The maximum absolute atomic E-state index is 11.5. The third-order valence-electron chi connectivity index (χ3n) is 4.26. The lowest BCUT2D eigenvalue weighted by Gasteiger charge is -2.08. The van der Waals surface area contributed by atoms with Gasteiger partial charge in [0.15, 0.2) is 0 Å². The molecule has 4 aromatic rings. The van der Waals surface area contributed by atoms with Gasteiger partial charge < -0.3 is 15.6 Å². The van der Waals surface area contributed by atoms with Crippen LogP contribution < -0.4 is 21.3 Å². The van der Waals surface area contributed by atoms with Crippen molar-refractivity contribution in [2.45, 2.75) is 9.79 Å². The molecule has 0 bridgehead atoms. The molecule has 0 amide bonds. The van der Waals surface area contributed by atoms with Gasteiger partial charge in [-0.2, -0.15) is 9.97 Å². The molecule has 0 aliphatic carbocycles. The van der Waals surface area contributed by atoms with E-state index in [1.54, 1.807) is 0 Å². The number of primary sulfonamides is 2. The molecule has 0 atom stereocenters. The first-order valence-corrected chi connectivity index (χ1v) is 11.6. The molecule has 2 heterocycles. The molecule has 12 nitrogen and oxygen atoms in total. The molecule has 2 aromatic carbocycles. The van der Waals surface area contributed by atoms with Gasteiger partial charge in [0.05, 0.1) is 9.79 Å². The molecule has 0 saturated carbocycles. The number of hydrogen-bond acceptors (Lipinski definition) is 10. The Bertz CT molecular complexity index is 1500. The van der Waals surface area contributed by atoms with Gasteiger partial charge in [-0.3, -0.25) is 0 Å². The van der Waals surface area contributed by atoms with Gasteiger partial charge in [-0.15, -0.1) is 0 Å². The molecule has 31 heavy (non-hydrogen) atoms. The van der Waals surface area contributed by atoms with Crippen LogP contribution in [0.3, 0.4) is 0 Å². The van der Waals surface area contributed by atoms with Gasteiger partial charge in [0.2, 0.25) is 26.0 Å². The largest absolute Gasteiger partial charge is 0.368 e. The Labute approximate surface area is 176 Å². The highest BCUT2D eigenvalue weighted by Crippen LogP contribution is 2.34. The molecule has 0 saturated heterocycles. The van der Waals surface area contributed by atoms with E-state index in [1.165, 1.54) is 48.5 Å². The number of benzene rings is 2. The molecule has 0 aliphatic rings. The lowest BCUT2D eigenvalue weighted by atomic mass is 10.1. The van der Waals surface area contributed by atoms with Crippen LogP contribution in [0.1, 0.15) is 0 Å².